The minimum absolute atomic E-state index is 0.0673. The normalized spacial score (nSPS) is 17.6. The Balaban J connectivity index is 1.45. The van der Waals surface area contributed by atoms with Crippen LogP contribution in [0, 0.1) is 11.3 Å². The van der Waals surface area contributed by atoms with Crippen molar-refractivity contribution in [2.45, 2.75) is 76.7 Å². The van der Waals surface area contributed by atoms with Crippen LogP contribution in [0.5, 0.6) is 11.5 Å². The molecule has 1 fully saturated rings. The molecule has 1 aliphatic rings. The molecule has 0 amide bonds. The minimum Gasteiger partial charge on any atom is -0.497 e. The van der Waals surface area contributed by atoms with Crippen molar-refractivity contribution in [3.8, 4) is 17.6 Å². The van der Waals surface area contributed by atoms with Gasteiger partial charge in [0.2, 0.25) is 5.95 Å². The number of aromatic amines is 1. The van der Waals surface area contributed by atoms with E-state index in [1.54, 1.807) is 36.4 Å². The zero-order valence-corrected chi connectivity index (χ0v) is 35.7. The lowest BCUT2D eigenvalue weighted by molar-refractivity contribution is -0.0912. The van der Waals surface area contributed by atoms with Crippen molar-refractivity contribution in [3.63, 3.8) is 0 Å². The molecule has 0 saturated carbocycles. The summed E-state index contributed by atoms with van der Waals surface area (Å²) in [7, 11) is 5.26. The standard InChI is InChI=1S/C43H53N8O7P/c1-29(2)51(30(3)4)59(56-24-12-23-44)58-36-25-38(50-28-45-39-40(50)47-42(48-41(39)52)46-27-49(5)6)57-37(36)26-55-43(31-13-10-9-11-14-31,32-15-19-34(53-7)20-16-32)33-17-21-35(54-8)22-18-33/h9-11,13-22,27-30,36-38H,12,24-26H2,1-8H3,(H,47,48,52)/t36-,37+,38+,59?/m0/s1. The van der Waals surface area contributed by atoms with Crippen LogP contribution >= 0.6 is 8.53 Å². The van der Waals surface area contributed by atoms with Crippen LogP contribution in [0.2, 0.25) is 0 Å². The Morgan fingerprint density at radius 3 is 2.15 bits per heavy atom. The zero-order valence-electron chi connectivity index (χ0n) is 34.8. The number of H-pyrrole nitrogens is 1. The van der Waals surface area contributed by atoms with E-state index in [0.717, 1.165) is 16.7 Å². The summed E-state index contributed by atoms with van der Waals surface area (Å²) in [5.74, 6) is 1.55. The van der Waals surface area contributed by atoms with Gasteiger partial charge in [0.1, 0.15) is 29.4 Å². The topological polar surface area (TPSA) is 162 Å². The van der Waals surface area contributed by atoms with Gasteiger partial charge in [0.25, 0.3) is 14.1 Å². The van der Waals surface area contributed by atoms with Crippen molar-refractivity contribution >= 4 is 32.0 Å². The molecule has 3 heterocycles. The lowest BCUT2D eigenvalue weighted by atomic mass is 9.80. The molecule has 59 heavy (non-hydrogen) atoms. The average molecular weight is 825 g/mol. The molecule has 0 radical (unpaired) electrons. The minimum atomic E-state index is -1.67. The largest absolute Gasteiger partial charge is 0.497 e. The van der Waals surface area contributed by atoms with Crippen LogP contribution in [-0.4, -0.2) is 101 Å². The number of nitrogens with one attached hydrogen (secondary N) is 1. The van der Waals surface area contributed by atoms with Crippen molar-refractivity contribution < 1.29 is 28.0 Å². The van der Waals surface area contributed by atoms with Gasteiger partial charge in [-0.1, -0.05) is 54.6 Å². The molecule has 4 atom stereocenters. The van der Waals surface area contributed by atoms with E-state index >= 15 is 0 Å². The number of nitrogens with zero attached hydrogens (tertiary/aromatic N) is 7. The SMILES string of the molecule is COc1ccc(C(OC[C@H]2O[C@@H](n3cnc4c(=O)[nH]c(N=CN(C)C)nc43)C[C@@H]2OP(OCCC#N)N(C(C)C)C(C)C)(c2ccccc2)c2ccc(OC)cc2)cc1. The van der Waals surface area contributed by atoms with Gasteiger partial charge in [0, 0.05) is 32.6 Å². The molecule has 5 aromatic rings. The van der Waals surface area contributed by atoms with Gasteiger partial charge in [-0.2, -0.15) is 10.2 Å². The zero-order chi connectivity index (χ0) is 42.1. The monoisotopic (exact) mass is 824 g/mol. The van der Waals surface area contributed by atoms with E-state index in [4.69, 9.17) is 28.0 Å². The highest BCUT2D eigenvalue weighted by Crippen LogP contribution is 2.51. The Hall–Kier alpha value is -5.20. The molecule has 1 N–H and O–H groups in total. The molecule has 15 nitrogen and oxygen atoms in total. The number of ether oxygens (including phenoxy) is 4. The third-order valence-corrected chi connectivity index (χ3v) is 12.0. The quantitative estimate of drug-likeness (QED) is 0.0291. The number of imidazole rings is 1. The van der Waals surface area contributed by atoms with Gasteiger partial charge in [0.15, 0.2) is 11.2 Å². The second-order valence-corrected chi connectivity index (χ2v) is 16.2. The highest BCUT2D eigenvalue weighted by molar-refractivity contribution is 7.44. The molecule has 6 rings (SSSR count). The number of hydrogen-bond donors (Lipinski definition) is 1. The van der Waals surface area contributed by atoms with Crippen LogP contribution < -0.4 is 15.0 Å². The lowest BCUT2D eigenvalue weighted by Gasteiger charge is -2.39. The molecule has 1 aliphatic heterocycles. The van der Waals surface area contributed by atoms with Crippen LogP contribution in [0.3, 0.4) is 0 Å². The van der Waals surface area contributed by atoms with E-state index in [2.05, 4.69) is 58.4 Å². The molecule has 0 bridgehead atoms. The maximum absolute atomic E-state index is 13.2. The fourth-order valence-electron chi connectivity index (χ4n) is 7.18. The van der Waals surface area contributed by atoms with Crippen LogP contribution in [0.15, 0.2) is 95.0 Å². The molecule has 1 saturated heterocycles. The predicted octanol–water partition coefficient (Wildman–Crippen LogP) is 7.32. The second kappa shape index (κ2) is 19.7. The van der Waals surface area contributed by atoms with Crippen molar-refractivity contribution in [2.75, 3.05) is 41.5 Å². The van der Waals surface area contributed by atoms with Gasteiger partial charge >= 0.3 is 0 Å². The fourth-order valence-corrected chi connectivity index (χ4v) is 8.94. The van der Waals surface area contributed by atoms with Crippen molar-refractivity contribution in [1.82, 2.24) is 29.1 Å². The summed E-state index contributed by atoms with van der Waals surface area (Å²) < 4.78 is 42.7. The average Bonchev–Trinajstić information content (AvgIpc) is 3.85. The Morgan fingerprint density at radius 1 is 0.983 bits per heavy atom. The fraction of sp³-hybridized carbons (Fsp3) is 0.419. The van der Waals surface area contributed by atoms with E-state index in [9.17, 15) is 10.1 Å². The molecule has 0 aliphatic carbocycles. The smallest absolute Gasteiger partial charge is 0.280 e. The first-order valence-electron chi connectivity index (χ1n) is 19.6. The molecule has 1 unspecified atom stereocenters. The molecule has 0 spiro atoms. The summed E-state index contributed by atoms with van der Waals surface area (Å²) in [4.78, 5) is 31.0. The maximum Gasteiger partial charge on any atom is 0.280 e. The Kier molecular flexibility index (Phi) is 14.5. The third-order valence-electron chi connectivity index (χ3n) is 9.85. The van der Waals surface area contributed by atoms with Crippen LogP contribution in [0.4, 0.5) is 5.95 Å². The summed E-state index contributed by atoms with van der Waals surface area (Å²) in [6.07, 6.45) is 1.79. The predicted molar refractivity (Wildman–Crippen MR) is 227 cm³/mol. The van der Waals surface area contributed by atoms with Gasteiger partial charge < -0.3 is 32.9 Å². The summed E-state index contributed by atoms with van der Waals surface area (Å²) in [6, 6.07) is 28.1. The molecular weight excluding hydrogens is 771 g/mol. The van der Waals surface area contributed by atoms with Gasteiger partial charge in [-0.15, -0.1) is 0 Å². The van der Waals surface area contributed by atoms with E-state index in [0.29, 0.717) is 23.6 Å². The maximum atomic E-state index is 13.2. The molecule has 3 aromatic carbocycles. The molecule has 16 heteroatoms. The number of aromatic nitrogens is 4. The van der Waals surface area contributed by atoms with E-state index in [-0.39, 0.29) is 43.2 Å². The summed E-state index contributed by atoms with van der Waals surface area (Å²) >= 11 is 0. The Labute approximate surface area is 346 Å². The highest BCUT2D eigenvalue weighted by atomic mass is 31.2. The first-order chi connectivity index (χ1) is 28.5. The molecule has 312 valence electrons. The lowest BCUT2D eigenvalue weighted by Crippen LogP contribution is -2.39. The van der Waals surface area contributed by atoms with Crippen molar-refractivity contribution in [2.24, 2.45) is 4.99 Å². The van der Waals surface area contributed by atoms with E-state index < -0.39 is 38.1 Å². The number of methoxy groups -OCH3 is 2. The highest BCUT2D eigenvalue weighted by Gasteiger charge is 2.45. The molecule has 2 aromatic heterocycles. The second-order valence-electron chi connectivity index (χ2n) is 14.8. The van der Waals surface area contributed by atoms with Gasteiger partial charge in [-0.25, -0.2) is 14.6 Å². The number of hydrogen-bond acceptors (Lipinski definition) is 12. The number of fused-ring (bicyclic) bond motifs is 1. The van der Waals surface area contributed by atoms with Crippen LogP contribution in [0.1, 0.15) is 63.5 Å². The van der Waals surface area contributed by atoms with Crippen molar-refractivity contribution in [1.29, 1.82) is 5.26 Å². The number of rotatable bonds is 19. The van der Waals surface area contributed by atoms with Gasteiger partial charge in [0.05, 0.1) is 58.7 Å². The Bertz CT molecular complexity index is 2190. The first-order valence-corrected chi connectivity index (χ1v) is 20.7. The van der Waals surface area contributed by atoms with E-state index in [1.807, 2.05) is 93.0 Å². The summed E-state index contributed by atoms with van der Waals surface area (Å²) in [6.45, 7) is 8.65. The number of aliphatic imine (C=N–C) groups is 1. The van der Waals surface area contributed by atoms with Crippen LogP contribution in [0.25, 0.3) is 11.2 Å². The van der Waals surface area contributed by atoms with Gasteiger partial charge in [-0.05, 0) is 68.7 Å². The number of benzene rings is 3. The Morgan fingerprint density at radius 2 is 1.59 bits per heavy atom. The van der Waals surface area contributed by atoms with Gasteiger partial charge in [-0.3, -0.25) is 14.3 Å². The van der Waals surface area contributed by atoms with Crippen LogP contribution in [-0.2, 0) is 24.1 Å². The summed E-state index contributed by atoms with van der Waals surface area (Å²) in [5, 5.41) is 9.40. The number of nitriles is 1. The van der Waals surface area contributed by atoms with E-state index in [1.165, 1.54) is 0 Å². The molecular formula is C43H53N8O7P. The third kappa shape index (κ3) is 9.82. The first kappa shape index (κ1) is 43.4. The van der Waals surface area contributed by atoms with Crippen molar-refractivity contribution in [3.05, 3.63) is 112 Å². The summed E-state index contributed by atoms with van der Waals surface area (Å²) in [5.41, 5.74) is 1.55.